The molecule has 1 N–H and O–H groups in total. The van der Waals surface area contributed by atoms with Gasteiger partial charge in [0.1, 0.15) is 0 Å². The molecule has 2 aromatic rings. The van der Waals surface area contributed by atoms with Crippen LogP contribution in [0.5, 0.6) is 0 Å². The Bertz CT molecular complexity index is 670. The zero-order valence-electron chi connectivity index (χ0n) is 11.4. The number of tetrazole rings is 1. The number of amides is 1. The normalized spacial score (nSPS) is 14.2. The van der Waals surface area contributed by atoms with Gasteiger partial charge in [0.25, 0.3) is 0 Å². The van der Waals surface area contributed by atoms with Gasteiger partial charge in [-0.1, -0.05) is 27.7 Å². The maximum atomic E-state index is 12.0. The molecular weight excluding hydrogens is 354 g/mol. The molecule has 3 rings (SSSR count). The Morgan fingerprint density at radius 1 is 1.52 bits per heavy atom. The predicted octanol–water partition coefficient (Wildman–Crippen LogP) is 2.81. The summed E-state index contributed by atoms with van der Waals surface area (Å²) < 4.78 is 2.80. The fourth-order valence-electron chi connectivity index (χ4n) is 1.91. The van der Waals surface area contributed by atoms with Crippen LogP contribution in [-0.2, 0) is 4.79 Å². The quantitative estimate of drug-likeness (QED) is 0.822. The van der Waals surface area contributed by atoms with Gasteiger partial charge in [-0.3, -0.25) is 4.79 Å². The number of carbonyl (C=O) groups is 1. The molecule has 0 aliphatic heterocycles. The van der Waals surface area contributed by atoms with Gasteiger partial charge in [0.05, 0.1) is 11.8 Å². The van der Waals surface area contributed by atoms with Gasteiger partial charge in [0, 0.05) is 10.2 Å². The van der Waals surface area contributed by atoms with E-state index in [9.17, 15) is 4.79 Å². The molecule has 1 aromatic carbocycles. The van der Waals surface area contributed by atoms with Crippen LogP contribution < -0.4 is 5.32 Å². The molecule has 8 heteroatoms. The summed E-state index contributed by atoms with van der Waals surface area (Å²) in [6.45, 7) is 1.96. The van der Waals surface area contributed by atoms with Crippen LogP contribution in [0.3, 0.4) is 0 Å². The third kappa shape index (κ3) is 3.62. The molecule has 0 unspecified atom stereocenters. The third-order valence-corrected chi connectivity index (χ3v) is 4.58. The van der Waals surface area contributed by atoms with Crippen LogP contribution in [0.4, 0.5) is 5.69 Å². The number of nitrogens with one attached hydrogen (secondary N) is 1. The van der Waals surface area contributed by atoms with Crippen molar-refractivity contribution in [2.24, 2.45) is 0 Å². The van der Waals surface area contributed by atoms with Gasteiger partial charge in [-0.2, -0.15) is 0 Å². The first-order valence-electron chi connectivity index (χ1n) is 6.60. The van der Waals surface area contributed by atoms with Crippen molar-refractivity contribution in [3.8, 4) is 0 Å². The van der Waals surface area contributed by atoms with E-state index in [1.165, 1.54) is 11.8 Å². The molecule has 1 fully saturated rings. The number of hydrogen-bond donors (Lipinski definition) is 1. The molecule has 0 radical (unpaired) electrons. The van der Waals surface area contributed by atoms with Gasteiger partial charge >= 0.3 is 0 Å². The van der Waals surface area contributed by atoms with E-state index in [2.05, 4.69) is 36.8 Å². The zero-order valence-corrected chi connectivity index (χ0v) is 13.8. The van der Waals surface area contributed by atoms with Crippen LogP contribution in [0.25, 0.3) is 0 Å². The highest BCUT2D eigenvalue weighted by Gasteiger charge is 2.28. The lowest BCUT2D eigenvalue weighted by molar-refractivity contribution is -0.113. The molecule has 110 valence electrons. The van der Waals surface area contributed by atoms with E-state index < -0.39 is 0 Å². The Morgan fingerprint density at radius 2 is 2.33 bits per heavy atom. The summed E-state index contributed by atoms with van der Waals surface area (Å²) >= 11 is 4.77. The summed E-state index contributed by atoms with van der Waals surface area (Å²) in [4.78, 5) is 12.0. The molecule has 21 heavy (non-hydrogen) atoms. The average Bonchev–Trinajstić information content (AvgIpc) is 3.18. The van der Waals surface area contributed by atoms with Crippen LogP contribution in [-0.4, -0.2) is 31.9 Å². The van der Waals surface area contributed by atoms with Crippen molar-refractivity contribution in [1.29, 1.82) is 0 Å². The van der Waals surface area contributed by atoms with Crippen molar-refractivity contribution >= 4 is 39.3 Å². The Balaban J connectivity index is 1.57. The highest BCUT2D eigenvalue weighted by Crippen LogP contribution is 2.36. The first kappa shape index (κ1) is 14.5. The Labute approximate surface area is 134 Å². The van der Waals surface area contributed by atoms with Crippen molar-refractivity contribution in [2.45, 2.75) is 31.0 Å². The van der Waals surface area contributed by atoms with E-state index in [1.807, 2.05) is 29.8 Å². The minimum absolute atomic E-state index is 0.0595. The second kappa shape index (κ2) is 6.15. The molecule has 0 saturated heterocycles. The third-order valence-electron chi connectivity index (χ3n) is 3.15. The first-order valence-corrected chi connectivity index (χ1v) is 8.38. The summed E-state index contributed by atoms with van der Waals surface area (Å²) in [5, 5.41) is 15.2. The SMILES string of the molecule is Cc1cc(Br)ccc1NC(=O)CSc1nnnn1C1CC1. The summed E-state index contributed by atoms with van der Waals surface area (Å²) in [6.07, 6.45) is 2.23. The van der Waals surface area contributed by atoms with Gasteiger partial charge in [-0.25, -0.2) is 4.68 Å². The lowest BCUT2D eigenvalue weighted by atomic mass is 10.2. The zero-order chi connectivity index (χ0) is 14.8. The molecule has 1 aliphatic carbocycles. The summed E-state index contributed by atoms with van der Waals surface area (Å²) in [7, 11) is 0. The number of aromatic nitrogens is 4. The standard InChI is InChI=1S/C13H14BrN5OS/c1-8-6-9(14)2-5-11(8)15-12(20)7-21-13-16-17-18-19(13)10-3-4-10/h2,5-6,10H,3-4,7H2,1H3,(H,15,20). The van der Waals surface area contributed by atoms with Gasteiger partial charge in [-0.05, 0) is 54.0 Å². The number of carbonyl (C=O) groups excluding carboxylic acids is 1. The molecule has 0 bridgehead atoms. The van der Waals surface area contributed by atoms with Gasteiger partial charge in [-0.15, -0.1) is 5.10 Å². The lowest BCUT2D eigenvalue weighted by Gasteiger charge is -2.08. The van der Waals surface area contributed by atoms with Crippen molar-refractivity contribution in [3.63, 3.8) is 0 Å². The fourth-order valence-corrected chi connectivity index (χ4v) is 3.13. The Kier molecular flexibility index (Phi) is 4.25. The summed E-state index contributed by atoms with van der Waals surface area (Å²) in [6, 6.07) is 6.18. The molecule has 0 atom stereocenters. The van der Waals surface area contributed by atoms with Crippen LogP contribution in [0.2, 0.25) is 0 Å². The average molecular weight is 368 g/mol. The number of benzene rings is 1. The Hall–Kier alpha value is -1.41. The lowest BCUT2D eigenvalue weighted by Crippen LogP contribution is -2.15. The smallest absolute Gasteiger partial charge is 0.234 e. The number of rotatable bonds is 5. The van der Waals surface area contributed by atoms with E-state index >= 15 is 0 Å². The van der Waals surface area contributed by atoms with Crippen LogP contribution in [0.1, 0.15) is 24.4 Å². The number of nitrogens with zero attached hydrogens (tertiary/aromatic N) is 4. The minimum atomic E-state index is -0.0595. The number of thioether (sulfide) groups is 1. The molecule has 1 aliphatic rings. The van der Waals surface area contributed by atoms with E-state index in [-0.39, 0.29) is 5.91 Å². The molecule has 1 aromatic heterocycles. The largest absolute Gasteiger partial charge is 0.325 e. The molecule has 1 saturated carbocycles. The first-order chi connectivity index (χ1) is 10.1. The van der Waals surface area contributed by atoms with E-state index in [0.717, 1.165) is 28.6 Å². The van der Waals surface area contributed by atoms with Gasteiger partial charge < -0.3 is 5.32 Å². The molecule has 0 spiro atoms. The van der Waals surface area contributed by atoms with Crippen molar-refractivity contribution < 1.29 is 4.79 Å². The Morgan fingerprint density at radius 3 is 3.05 bits per heavy atom. The van der Waals surface area contributed by atoms with E-state index in [1.54, 1.807) is 0 Å². The van der Waals surface area contributed by atoms with Crippen LogP contribution >= 0.6 is 27.7 Å². The number of aryl methyl sites for hydroxylation is 1. The summed E-state index contributed by atoms with van der Waals surface area (Å²) in [5.74, 6) is 0.235. The maximum Gasteiger partial charge on any atom is 0.234 e. The maximum absolute atomic E-state index is 12.0. The number of anilines is 1. The minimum Gasteiger partial charge on any atom is -0.325 e. The second-order valence-electron chi connectivity index (χ2n) is 4.93. The second-order valence-corrected chi connectivity index (χ2v) is 6.79. The highest BCUT2D eigenvalue weighted by molar-refractivity contribution is 9.10. The number of hydrogen-bond acceptors (Lipinski definition) is 5. The monoisotopic (exact) mass is 367 g/mol. The van der Waals surface area contributed by atoms with Crippen LogP contribution in [0.15, 0.2) is 27.8 Å². The molecule has 6 nitrogen and oxygen atoms in total. The van der Waals surface area contributed by atoms with Crippen molar-refractivity contribution in [3.05, 3.63) is 28.2 Å². The highest BCUT2D eigenvalue weighted by atomic mass is 79.9. The predicted molar refractivity (Wildman–Crippen MR) is 84.3 cm³/mol. The molecular formula is C13H14BrN5OS. The van der Waals surface area contributed by atoms with Crippen molar-refractivity contribution in [2.75, 3.05) is 11.1 Å². The molecule has 1 heterocycles. The number of halogens is 1. The fraction of sp³-hybridized carbons (Fsp3) is 0.385. The summed E-state index contributed by atoms with van der Waals surface area (Å²) in [5.41, 5.74) is 1.84. The van der Waals surface area contributed by atoms with Gasteiger partial charge in [0.2, 0.25) is 11.1 Å². The topological polar surface area (TPSA) is 72.7 Å². The van der Waals surface area contributed by atoms with Crippen LogP contribution in [0, 0.1) is 6.92 Å². The van der Waals surface area contributed by atoms with E-state index in [4.69, 9.17) is 0 Å². The molecule has 1 amide bonds. The van der Waals surface area contributed by atoms with Crippen molar-refractivity contribution in [1.82, 2.24) is 20.2 Å². The van der Waals surface area contributed by atoms with Gasteiger partial charge in [0.15, 0.2) is 0 Å². The van der Waals surface area contributed by atoms with E-state index in [0.29, 0.717) is 17.0 Å².